The number of nitrogens with zero attached hydrogens (tertiary/aromatic N) is 2. The van der Waals surface area contributed by atoms with Gasteiger partial charge in [0, 0.05) is 30.3 Å². The average Bonchev–Trinajstić information content (AvgIpc) is 2.49. The van der Waals surface area contributed by atoms with Crippen LogP contribution in [-0.2, 0) is 6.54 Å². The molecule has 4 nitrogen and oxygen atoms in total. The number of hydrogen-bond donors (Lipinski definition) is 0. The second-order valence-electron chi connectivity index (χ2n) is 2.68. The molecule has 1 heterocycles. The maximum atomic E-state index is 9.96. The molecule has 0 N–H and O–H groups in total. The molecule has 1 aromatic rings. The number of rotatable bonds is 5. The van der Waals surface area contributed by atoms with Gasteiger partial charge in [-0.2, -0.15) is 0 Å². The Morgan fingerprint density at radius 1 is 1.25 bits per heavy atom. The normalized spacial score (nSPS) is 10.0. The zero-order valence-corrected chi connectivity index (χ0v) is 6.85. The van der Waals surface area contributed by atoms with Gasteiger partial charge in [-0.05, 0) is 18.6 Å². The molecule has 0 saturated carbocycles. The molecule has 0 fully saturated rings. The Balaban J connectivity index is 2.07. The molecule has 0 aliphatic carbocycles. The lowest BCUT2D eigenvalue weighted by atomic mass is 10.3. The molecule has 12 heavy (non-hydrogen) atoms. The van der Waals surface area contributed by atoms with E-state index in [-0.39, 0.29) is 11.5 Å². The maximum Gasteiger partial charge on any atom is 0.203 e. The molecule has 0 saturated heterocycles. The van der Waals surface area contributed by atoms with E-state index in [9.17, 15) is 10.1 Å². The summed E-state index contributed by atoms with van der Waals surface area (Å²) >= 11 is 0. The van der Waals surface area contributed by atoms with E-state index in [0.717, 1.165) is 13.0 Å². The SMILES string of the molecule is O=[N+]([O-])CCCCn1cccc1. The molecule has 0 spiro atoms. The lowest BCUT2D eigenvalue weighted by Crippen LogP contribution is -2.02. The minimum absolute atomic E-state index is 0.0846. The third kappa shape index (κ3) is 3.18. The van der Waals surface area contributed by atoms with Gasteiger partial charge in [-0.25, -0.2) is 0 Å². The van der Waals surface area contributed by atoms with E-state index in [1.165, 1.54) is 0 Å². The molecule has 1 rings (SSSR count). The third-order valence-electron chi connectivity index (χ3n) is 1.67. The summed E-state index contributed by atoms with van der Waals surface area (Å²) in [6, 6.07) is 3.90. The highest BCUT2D eigenvalue weighted by atomic mass is 16.6. The number of aromatic nitrogens is 1. The van der Waals surface area contributed by atoms with Crippen LogP contribution < -0.4 is 0 Å². The van der Waals surface area contributed by atoms with Crippen molar-refractivity contribution in [2.24, 2.45) is 0 Å². The second kappa shape index (κ2) is 4.54. The van der Waals surface area contributed by atoms with Gasteiger partial charge in [0.25, 0.3) is 0 Å². The maximum absolute atomic E-state index is 9.96. The first kappa shape index (κ1) is 8.77. The largest absolute Gasteiger partial charge is 0.354 e. The van der Waals surface area contributed by atoms with Gasteiger partial charge < -0.3 is 4.57 Å². The van der Waals surface area contributed by atoms with Gasteiger partial charge in [0.2, 0.25) is 6.54 Å². The third-order valence-corrected chi connectivity index (χ3v) is 1.67. The van der Waals surface area contributed by atoms with Gasteiger partial charge in [0.15, 0.2) is 0 Å². The molecule has 4 heteroatoms. The quantitative estimate of drug-likeness (QED) is 0.380. The van der Waals surface area contributed by atoms with Crippen LogP contribution in [0.2, 0.25) is 0 Å². The van der Waals surface area contributed by atoms with E-state index in [4.69, 9.17) is 0 Å². The fourth-order valence-corrected chi connectivity index (χ4v) is 1.05. The van der Waals surface area contributed by atoms with E-state index in [2.05, 4.69) is 0 Å². The van der Waals surface area contributed by atoms with Crippen molar-refractivity contribution in [3.63, 3.8) is 0 Å². The number of nitro groups is 1. The Bertz CT molecular complexity index is 231. The van der Waals surface area contributed by atoms with E-state index >= 15 is 0 Å². The van der Waals surface area contributed by atoms with Crippen molar-refractivity contribution in [2.75, 3.05) is 6.54 Å². The molecule has 0 aliphatic heterocycles. The van der Waals surface area contributed by atoms with Crippen LogP contribution in [0.4, 0.5) is 0 Å². The van der Waals surface area contributed by atoms with Crippen LogP contribution >= 0.6 is 0 Å². The Kier molecular flexibility index (Phi) is 3.32. The minimum atomic E-state index is -0.268. The van der Waals surface area contributed by atoms with Crippen LogP contribution in [-0.4, -0.2) is 16.0 Å². The Labute approximate surface area is 71.0 Å². The predicted octanol–water partition coefficient (Wildman–Crippen LogP) is 1.54. The number of unbranched alkanes of at least 4 members (excludes halogenated alkanes) is 1. The molecule has 0 radical (unpaired) electrons. The molecule has 66 valence electrons. The molecule has 0 bridgehead atoms. The van der Waals surface area contributed by atoms with Crippen LogP contribution in [0.5, 0.6) is 0 Å². The van der Waals surface area contributed by atoms with Crippen LogP contribution in [0.15, 0.2) is 24.5 Å². The smallest absolute Gasteiger partial charge is 0.203 e. The highest BCUT2D eigenvalue weighted by Crippen LogP contribution is 1.96. The van der Waals surface area contributed by atoms with Crippen LogP contribution in [0.25, 0.3) is 0 Å². The summed E-state index contributed by atoms with van der Waals surface area (Å²) in [5.41, 5.74) is 0. The molecular weight excluding hydrogens is 156 g/mol. The van der Waals surface area contributed by atoms with Gasteiger partial charge in [-0.15, -0.1) is 0 Å². The van der Waals surface area contributed by atoms with Crippen LogP contribution in [0.3, 0.4) is 0 Å². The van der Waals surface area contributed by atoms with Crippen molar-refractivity contribution in [3.8, 4) is 0 Å². The fraction of sp³-hybridized carbons (Fsp3) is 0.500. The van der Waals surface area contributed by atoms with Crippen molar-refractivity contribution in [1.82, 2.24) is 4.57 Å². The van der Waals surface area contributed by atoms with Gasteiger partial charge in [-0.1, -0.05) is 0 Å². The highest BCUT2D eigenvalue weighted by molar-refractivity contribution is 4.89. The van der Waals surface area contributed by atoms with Gasteiger partial charge in [0.1, 0.15) is 0 Å². The van der Waals surface area contributed by atoms with E-state index in [1.54, 1.807) is 0 Å². The summed E-state index contributed by atoms with van der Waals surface area (Å²) in [5, 5.41) is 9.96. The molecule has 0 atom stereocenters. The fourth-order valence-electron chi connectivity index (χ4n) is 1.05. The first-order valence-corrected chi connectivity index (χ1v) is 4.01. The zero-order chi connectivity index (χ0) is 8.81. The molecule has 0 aliphatic rings. The topological polar surface area (TPSA) is 48.1 Å². The van der Waals surface area contributed by atoms with Crippen molar-refractivity contribution in [2.45, 2.75) is 19.4 Å². The summed E-state index contributed by atoms with van der Waals surface area (Å²) in [6.07, 6.45) is 5.46. The van der Waals surface area contributed by atoms with Crippen molar-refractivity contribution in [3.05, 3.63) is 34.6 Å². The monoisotopic (exact) mass is 168 g/mol. The predicted molar refractivity (Wildman–Crippen MR) is 45.5 cm³/mol. The summed E-state index contributed by atoms with van der Waals surface area (Å²) < 4.78 is 2.03. The molecule has 1 aromatic heterocycles. The standard InChI is InChI=1S/C8H12N2O2/c11-10(12)8-4-3-7-9-5-1-2-6-9/h1-2,5-6H,3-4,7-8H2. The van der Waals surface area contributed by atoms with Crippen molar-refractivity contribution < 1.29 is 4.92 Å². The average molecular weight is 168 g/mol. The van der Waals surface area contributed by atoms with Crippen molar-refractivity contribution in [1.29, 1.82) is 0 Å². The van der Waals surface area contributed by atoms with Gasteiger partial charge in [0.05, 0.1) is 0 Å². The Morgan fingerprint density at radius 2 is 1.92 bits per heavy atom. The van der Waals surface area contributed by atoms with Crippen LogP contribution in [0, 0.1) is 10.1 Å². The summed E-state index contributed by atoms with van der Waals surface area (Å²) in [5.74, 6) is 0. The van der Waals surface area contributed by atoms with E-state index in [1.807, 2.05) is 29.1 Å². The summed E-state index contributed by atoms with van der Waals surface area (Å²) in [6.45, 7) is 0.960. The Hall–Kier alpha value is -1.32. The molecule has 0 amide bonds. The van der Waals surface area contributed by atoms with E-state index < -0.39 is 0 Å². The number of hydrogen-bond acceptors (Lipinski definition) is 2. The van der Waals surface area contributed by atoms with Gasteiger partial charge >= 0.3 is 0 Å². The van der Waals surface area contributed by atoms with Crippen molar-refractivity contribution >= 4 is 0 Å². The number of aryl methyl sites for hydroxylation is 1. The molecule has 0 aromatic carbocycles. The molecule has 0 unspecified atom stereocenters. The first-order valence-electron chi connectivity index (χ1n) is 4.01. The summed E-state index contributed by atoms with van der Waals surface area (Å²) in [7, 11) is 0. The second-order valence-corrected chi connectivity index (χ2v) is 2.68. The lowest BCUT2D eigenvalue weighted by molar-refractivity contribution is -0.480. The van der Waals surface area contributed by atoms with E-state index in [0.29, 0.717) is 6.42 Å². The Morgan fingerprint density at radius 3 is 2.50 bits per heavy atom. The highest BCUT2D eigenvalue weighted by Gasteiger charge is 1.96. The first-order chi connectivity index (χ1) is 5.79. The summed E-state index contributed by atoms with van der Waals surface area (Å²) in [4.78, 5) is 9.69. The van der Waals surface area contributed by atoms with Gasteiger partial charge in [-0.3, -0.25) is 10.1 Å². The molecular formula is C8H12N2O2. The van der Waals surface area contributed by atoms with Crippen LogP contribution in [0.1, 0.15) is 12.8 Å². The minimum Gasteiger partial charge on any atom is -0.354 e. The zero-order valence-electron chi connectivity index (χ0n) is 6.85. The lowest BCUT2D eigenvalue weighted by Gasteiger charge is -1.99.